The van der Waals surface area contributed by atoms with Gasteiger partial charge in [0.1, 0.15) is 0 Å². The first-order valence-corrected chi connectivity index (χ1v) is 9.13. The van der Waals surface area contributed by atoms with Crippen molar-refractivity contribution in [2.24, 2.45) is 5.92 Å². The second-order valence-corrected chi connectivity index (χ2v) is 8.81. The number of hydrogen-bond acceptors (Lipinski definition) is 3. The zero-order chi connectivity index (χ0) is 15.0. The summed E-state index contributed by atoms with van der Waals surface area (Å²) in [7, 11) is 2.37. The number of likely N-dealkylation sites (tertiary alicyclic amines) is 1. The average Bonchev–Trinajstić information content (AvgIpc) is 2.84. The zero-order valence-electron chi connectivity index (χ0n) is 14.6. The lowest BCUT2D eigenvalue weighted by molar-refractivity contribution is 0.0149. The molecule has 3 atom stereocenters. The van der Waals surface area contributed by atoms with Crippen LogP contribution in [-0.2, 0) is 0 Å². The first-order valence-electron chi connectivity index (χ1n) is 9.13. The molecule has 0 spiro atoms. The van der Waals surface area contributed by atoms with Crippen LogP contribution in [0.1, 0.15) is 59.3 Å². The lowest BCUT2D eigenvalue weighted by Gasteiger charge is -2.49. The molecule has 3 nitrogen and oxygen atoms in total. The lowest BCUT2D eigenvalue weighted by Crippen LogP contribution is -2.55. The fourth-order valence-corrected chi connectivity index (χ4v) is 4.70. The Morgan fingerprint density at radius 2 is 1.67 bits per heavy atom. The van der Waals surface area contributed by atoms with E-state index in [1.165, 1.54) is 58.2 Å². The normalized spacial score (nSPS) is 38.9. The van der Waals surface area contributed by atoms with Crippen molar-refractivity contribution in [3.8, 4) is 0 Å². The van der Waals surface area contributed by atoms with Gasteiger partial charge in [-0.25, -0.2) is 0 Å². The van der Waals surface area contributed by atoms with Gasteiger partial charge in [0.05, 0.1) is 0 Å². The largest absolute Gasteiger partial charge is 0.312 e. The Labute approximate surface area is 131 Å². The first kappa shape index (κ1) is 15.8. The van der Waals surface area contributed by atoms with Crippen LogP contribution in [0.25, 0.3) is 0 Å². The Morgan fingerprint density at radius 1 is 1.00 bits per heavy atom. The first-order chi connectivity index (χ1) is 9.92. The standard InChI is InChI=1S/C18H35N3/c1-18(2,3)19-12-14-8-9-21(13-14)17-10-15-6-5-7-16(11-17)20(15)4/h14-17,19H,5-13H2,1-4H3. The number of nitrogens with zero attached hydrogens (tertiary/aromatic N) is 2. The molecule has 0 amide bonds. The molecule has 3 unspecified atom stereocenters. The topological polar surface area (TPSA) is 18.5 Å². The van der Waals surface area contributed by atoms with Gasteiger partial charge in [-0.15, -0.1) is 0 Å². The molecule has 3 fully saturated rings. The Balaban J connectivity index is 1.50. The predicted octanol–water partition coefficient (Wildman–Crippen LogP) is 2.71. The van der Waals surface area contributed by atoms with Crippen LogP contribution in [0.4, 0.5) is 0 Å². The monoisotopic (exact) mass is 293 g/mol. The maximum absolute atomic E-state index is 3.70. The number of nitrogens with one attached hydrogen (secondary N) is 1. The van der Waals surface area contributed by atoms with Crippen molar-refractivity contribution in [3.63, 3.8) is 0 Å². The fraction of sp³-hybridized carbons (Fsp3) is 1.00. The Bertz CT molecular complexity index is 335. The summed E-state index contributed by atoms with van der Waals surface area (Å²) in [5.74, 6) is 0.865. The van der Waals surface area contributed by atoms with Gasteiger partial charge < -0.3 is 10.2 Å². The van der Waals surface area contributed by atoms with Gasteiger partial charge in [-0.1, -0.05) is 6.42 Å². The van der Waals surface area contributed by atoms with Crippen LogP contribution in [0.2, 0.25) is 0 Å². The van der Waals surface area contributed by atoms with Gasteiger partial charge in [0.25, 0.3) is 0 Å². The minimum absolute atomic E-state index is 0.262. The number of fused-ring (bicyclic) bond motifs is 2. The minimum Gasteiger partial charge on any atom is -0.312 e. The molecule has 21 heavy (non-hydrogen) atoms. The molecule has 3 aliphatic heterocycles. The molecule has 3 aliphatic rings. The summed E-state index contributed by atoms with van der Waals surface area (Å²) in [4.78, 5) is 5.52. The van der Waals surface area contributed by atoms with E-state index in [0.717, 1.165) is 24.0 Å². The predicted molar refractivity (Wildman–Crippen MR) is 89.6 cm³/mol. The summed E-state index contributed by atoms with van der Waals surface area (Å²) in [5, 5.41) is 3.70. The average molecular weight is 293 g/mol. The Kier molecular flexibility index (Phi) is 4.63. The Hall–Kier alpha value is -0.120. The molecular weight excluding hydrogens is 258 g/mol. The molecule has 0 aromatic heterocycles. The van der Waals surface area contributed by atoms with Crippen LogP contribution in [-0.4, -0.2) is 60.1 Å². The highest BCUT2D eigenvalue weighted by Gasteiger charge is 2.39. The van der Waals surface area contributed by atoms with Crippen molar-refractivity contribution in [1.29, 1.82) is 0 Å². The van der Waals surface area contributed by atoms with Crippen molar-refractivity contribution in [2.75, 3.05) is 26.7 Å². The van der Waals surface area contributed by atoms with E-state index in [4.69, 9.17) is 0 Å². The van der Waals surface area contributed by atoms with Crippen molar-refractivity contribution in [2.45, 2.75) is 83.0 Å². The molecule has 3 rings (SSSR count). The van der Waals surface area contributed by atoms with E-state index in [2.05, 4.69) is 42.9 Å². The summed E-state index contributed by atoms with van der Waals surface area (Å²) in [6.07, 6.45) is 8.58. The molecule has 0 aliphatic carbocycles. The van der Waals surface area contributed by atoms with Crippen molar-refractivity contribution in [3.05, 3.63) is 0 Å². The quantitative estimate of drug-likeness (QED) is 0.863. The van der Waals surface area contributed by atoms with E-state index in [9.17, 15) is 0 Å². The molecule has 122 valence electrons. The molecule has 3 heteroatoms. The molecule has 0 aromatic carbocycles. The molecule has 1 N–H and O–H groups in total. The second-order valence-electron chi connectivity index (χ2n) is 8.81. The third kappa shape index (κ3) is 3.80. The van der Waals surface area contributed by atoms with Crippen LogP contribution in [0, 0.1) is 5.92 Å². The summed E-state index contributed by atoms with van der Waals surface area (Å²) in [6, 6.07) is 2.61. The molecular formula is C18H35N3. The van der Waals surface area contributed by atoms with Crippen LogP contribution >= 0.6 is 0 Å². The summed E-state index contributed by atoms with van der Waals surface area (Å²) in [6.45, 7) is 10.7. The molecule has 0 radical (unpaired) electrons. The highest BCUT2D eigenvalue weighted by atomic mass is 15.2. The SMILES string of the molecule is CN1C2CCCC1CC(N1CCC(CNC(C)(C)C)C1)C2. The molecule has 3 saturated heterocycles. The lowest BCUT2D eigenvalue weighted by atomic mass is 9.82. The minimum atomic E-state index is 0.262. The van der Waals surface area contributed by atoms with Gasteiger partial charge in [0, 0.05) is 30.2 Å². The van der Waals surface area contributed by atoms with E-state index < -0.39 is 0 Å². The van der Waals surface area contributed by atoms with Crippen LogP contribution in [0.3, 0.4) is 0 Å². The van der Waals surface area contributed by atoms with E-state index in [-0.39, 0.29) is 5.54 Å². The van der Waals surface area contributed by atoms with Crippen molar-refractivity contribution >= 4 is 0 Å². The highest BCUT2D eigenvalue weighted by Crippen LogP contribution is 2.36. The van der Waals surface area contributed by atoms with Gasteiger partial charge >= 0.3 is 0 Å². The van der Waals surface area contributed by atoms with Crippen molar-refractivity contribution in [1.82, 2.24) is 15.1 Å². The van der Waals surface area contributed by atoms with E-state index >= 15 is 0 Å². The Morgan fingerprint density at radius 3 is 2.29 bits per heavy atom. The van der Waals surface area contributed by atoms with Gasteiger partial charge in [-0.2, -0.15) is 0 Å². The maximum Gasteiger partial charge on any atom is 0.0125 e. The molecule has 0 saturated carbocycles. The molecule has 2 bridgehead atoms. The van der Waals surface area contributed by atoms with Gasteiger partial charge in [0.15, 0.2) is 0 Å². The maximum atomic E-state index is 3.70. The van der Waals surface area contributed by atoms with Gasteiger partial charge in [0.2, 0.25) is 0 Å². The molecule has 0 aromatic rings. The fourth-order valence-electron chi connectivity index (χ4n) is 4.70. The second kappa shape index (κ2) is 6.17. The van der Waals surface area contributed by atoms with Crippen molar-refractivity contribution < 1.29 is 0 Å². The highest BCUT2D eigenvalue weighted by molar-refractivity contribution is 4.96. The summed E-state index contributed by atoms with van der Waals surface area (Å²) < 4.78 is 0. The van der Waals surface area contributed by atoms with Crippen LogP contribution in [0.5, 0.6) is 0 Å². The summed E-state index contributed by atoms with van der Waals surface area (Å²) in [5.41, 5.74) is 0.262. The van der Waals surface area contributed by atoms with E-state index in [0.29, 0.717) is 0 Å². The van der Waals surface area contributed by atoms with Gasteiger partial charge in [-0.05, 0) is 78.9 Å². The van der Waals surface area contributed by atoms with Gasteiger partial charge in [-0.3, -0.25) is 4.90 Å². The number of hydrogen-bond donors (Lipinski definition) is 1. The summed E-state index contributed by atoms with van der Waals surface area (Å²) >= 11 is 0. The van der Waals surface area contributed by atoms with Crippen LogP contribution < -0.4 is 5.32 Å². The smallest absolute Gasteiger partial charge is 0.0125 e. The third-order valence-corrected chi connectivity index (χ3v) is 6.07. The van der Waals surface area contributed by atoms with Crippen LogP contribution in [0.15, 0.2) is 0 Å². The molecule has 3 heterocycles. The zero-order valence-corrected chi connectivity index (χ0v) is 14.6. The third-order valence-electron chi connectivity index (χ3n) is 6.07. The number of rotatable bonds is 3. The number of piperidine rings is 2. The van der Waals surface area contributed by atoms with E-state index in [1.807, 2.05) is 0 Å². The van der Waals surface area contributed by atoms with E-state index in [1.54, 1.807) is 0 Å².